The predicted octanol–water partition coefficient (Wildman–Crippen LogP) is 4.54. The molecular weight excluding hydrogens is 336 g/mol. The fourth-order valence-corrected chi connectivity index (χ4v) is 2.09. The van der Waals surface area contributed by atoms with E-state index in [1.165, 1.54) is 6.92 Å². The summed E-state index contributed by atoms with van der Waals surface area (Å²) in [4.78, 5) is 22.6. The van der Waals surface area contributed by atoms with Gasteiger partial charge in [-0.2, -0.15) is 0 Å². The van der Waals surface area contributed by atoms with Crippen molar-refractivity contribution in [1.29, 1.82) is 0 Å². The van der Waals surface area contributed by atoms with Crippen LogP contribution in [0.4, 0.5) is 14.5 Å². The van der Waals surface area contributed by atoms with Gasteiger partial charge in [0.1, 0.15) is 28.7 Å². The topological polar surface area (TPSA) is 78.7 Å². The van der Waals surface area contributed by atoms with Crippen molar-refractivity contribution in [2.75, 3.05) is 0 Å². The standard InChI is InChI=1S/C17H15F2NO5/c1-9(2)24-17(21)14-8-16(10(3)4-15(14)20(22)23)25-13-6-11(18)5-12(19)7-13/h4-9H,1-3H3. The van der Waals surface area contributed by atoms with E-state index in [1.54, 1.807) is 13.8 Å². The SMILES string of the molecule is Cc1cc([N+](=O)[O-])c(C(=O)OC(C)C)cc1Oc1cc(F)cc(F)c1. The van der Waals surface area contributed by atoms with Gasteiger partial charge in [0.15, 0.2) is 0 Å². The van der Waals surface area contributed by atoms with Gasteiger partial charge in [0.2, 0.25) is 0 Å². The van der Waals surface area contributed by atoms with Gasteiger partial charge in [0.25, 0.3) is 5.69 Å². The van der Waals surface area contributed by atoms with Gasteiger partial charge in [-0.05, 0) is 26.3 Å². The van der Waals surface area contributed by atoms with Crippen molar-refractivity contribution in [3.63, 3.8) is 0 Å². The van der Waals surface area contributed by atoms with Gasteiger partial charge in [0, 0.05) is 30.3 Å². The number of hydrogen-bond acceptors (Lipinski definition) is 5. The summed E-state index contributed by atoms with van der Waals surface area (Å²) in [7, 11) is 0. The van der Waals surface area contributed by atoms with Gasteiger partial charge in [-0.1, -0.05) is 0 Å². The molecule has 0 atom stereocenters. The molecule has 0 spiro atoms. The van der Waals surface area contributed by atoms with Gasteiger partial charge in [0.05, 0.1) is 11.0 Å². The van der Waals surface area contributed by atoms with E-state index < -0.39 is 34.3 Å². The van der Waals surface area contributed by atoms with E-state index >= 15 is 0 Å². The van der Waals surface area contributed by atoms with Crippen LogP contribution >= 0.6 is 0 Å². The highest BCUT2D eigenvalue weighted by Gasteiger charge is 2.25. The lowest BCUT2D eigenvalue weighted by molar-refractivity contribution is -0.385. The predicted molar refractivity (Wildman–Crippen MR) is 84.8 cm³/mol. The van der Waals surface area contributed by atoms with Crippen molar-refractivity contribution in [3.05, 3.63) is 63.2 Å². The second-order valence-corrected chi connectivity index (χ2v) is 5.55. The molecule has 0 aliphatic carbocycles. The molecule has 0 amide bonds. The lowest BCUT2D eigenvalue weighted by Crippen LogP contribution is -2.13. The third-order valence-electron chi connectivity index (χ3n) is 3.12. The van der Waals surface area contributed by atoms with Gasteiger partial charge >= 0.3 is 5.97 Å². The molecule has 0 heterocycles. The van der Waals surface area contributed by atoms with Crippen LogP contribution in [0.15, 0.2) is 30.3 Å². The number of carbonyl (C=O) groups excluding carboxylic acids is 1. The zero-order chi connectivity index (χ0) is 18.7. The third kappa shape index (κ3) is 4.50. The van der Waals surface area contributed by atoms with Crippen molar-refractivity contribution in [3.8, 4) is 11.5 Å². The molecule has 0 aromatic heterocycles. The molecule has 0 aliphatic rings. The second-order valence-electron chi connectivity index (χ2n) is 5.55. The Labute approximate surface area is 142 Å². The van der Waals surface area contributed by atoms with Crippen LogP contribution in [0.25, 0.3) is 0 Å². The third-order valence-corrected chi connectivity index (χ3v) is 3.12. The summed E-state index contributed by atoms with van der Waals surface area (Å²) in [6, 6.07) is 4.86. The Morgan fingerprint density at radius 1 is 1.12 bits per heavy atom. The Bertz CT molecular complexity index is 816. The Kier molecular flexibility index (Phi) is 5.31. The minimum Gasteiger partial charge on any atom is -0.459 e. The summed E-state index contributed by atoms with van der Waals surface area (Å²) in [6.07, 6.45) is -0.477. The highest BCUT2D eigenvalue weighted by molar-refractivity contribution is 5.94. The van der Waals surface area contributed by atoms with E-state index in [0.717, 1.165) is 24.3 Å². The van der Waals surface area contributed by atoms with E-state index in [1.807, 2.05) is 0 Å². The summed E-state index contributed by atoms with van der Waals surface area (Å²) in [5.74, 6) is -2.66. The number of rotatable bonds is 5. The Morgan fingerprint density at radius 3 is 2.24 bits per heavy atom. The molecule has 132 valence electrons. The Hall–Kier alpha value is -3.03. The number of carbonyl (C=O) groups is 1. The zero-order valence-corrected chi connectivity index (χ0v) is 13.7. The highest BCUT2D eigenvalue weighted by atomic mass is 19.1. The Morgan fingerprint density at radius 2 is 1.72 bits per heavy atom. The molecule has 0 unspecified atom stereocenters. The number of halogens is 2. The van der Waals surface area contributed by atoms with Crippen molar-refractivity contribution in [1.82, 2.24) is 0 Å². The minimum absolute atomic E-state index is 0.0475. The molecule has 0 bridgehead atoms. The summed E-state index contributed by atoms with van der Waals surface area (Å²) in [5.41, 5.74) is -0.436. The number of hydrogen-bond donors (Lipinski definition) is 0. The molecule has 2 aromatic carbocycles. The van der Waals surface area contributed by atoms with Crippen LogP contribution in [-0.2, 0) is 4.74 Å². The second kappa shape index (κ2) is 7.25. The normalized spacial score (nSPS) is 10.6. The molecule has 0 radical (unpaired) electrons. The van der Waals surface area contributed by atoms with Crippen LogP contribution in [0, 0.1) is 28.7 Å². The first-order valence-corrected chi connectivity index (χ1v) is 7.31. The van der Waals surface area contributed by atoms with Crippen LogP contribution in [0.1, 0.15) is 29.8 Å². The molecule has 2 rings (SSSR count). The Balaban J connectivity index is 2.48. The average Bonchev–Trinajstić information content (AvgIpc) is 2.46. The fourth-order valence-electron chi connectivity index (χ4n) is 2.09. The lowest BCUT2D eigenvalue weighted by atomic mass is 10.1. The summed E-state index contributed by atoms with van der Waals surface area (Å²) >= 11 is 0. The first-order chi connectivity index (χ1) is 11.7. The van der Waals surface area contributed by atoms with E-state index in [9.17, 15) is 23.7 Å². The molecular formula is C17H15F2NO5. The maximum atomic E-state index is 13.3. The number of nitro groups is 1. The molecule has 0 saturated heterocycles. The van der Waals surface area contributed by atoms with Crippen LogP contribution in [-0.4, -0.2) is 17.0 Å². The van der Waals surface area contributed by atoms with Crippen LogP contribution in [0.5, 0.6) is 11.5 Å². The van der Waals surface area contributed by atoms with Crippen molar-refractivity contribution >= 4 is 11.7 Å². The summed E-state index contributed by atoms with van der Waals surface area (Å²) in [5, 5.41) is 11.2. The molecule has 25 heavy (non-hydrogen) atoms. The zero-order valence-electron chi connectivity index (χ0n) is 13.7. The van der Waals surface area contributed by atoms with Gasteiger partial charge in [-0.25, -0.2) is 13.6 Å². The largest absolute Gasteiger partial charge is 0.459 e. The van der Waals surface area contributed by atoms with Crippen molar-refractivity contribution in [2.45, 2.75) is 26.9 Å². The van der Waals surface area contributed by atoms with Gasteiger partial charge in [-0.15, -0.1) is 0 Å². The maximum absolute atomic E-state index is 13.3. The van der Waals surface area contributed by atoms with E-state index in [2.05, 4.69) is 0 Å². The molecule has 0 N–H and O–H groups in total. The summed E-state index contributed by atoms with van der Waals surface area (Å²) < 4.78 is 36.9. The van der Waals surface area contributed by atoms with Crippen LogP contribution < -0.4 is 4.74 Å². The number of nitrogens with zero attached hydrogens (tertiary/aromatic N) is 1. The number of nitro benzene ring substituents is 1. The average molecular weight is 351 g/mol. The van der Waals surface area contributed by atoms with E-state index in [4.69, 9.17) is 9.47 Å². The van der Waals surface area contributed by atoms with E-state index in [-0.39, 0.29) is 17.1 Å². The molecule has 0 saturated carbocycles. The molecule has 2 aromatic rings. The van der Waals surface area contributed by atoms with Crippen LogP contribution in [0.2, 0.25) is 0 Å². The van der Waals surface area contributed by atoms with Crippen molar-refractivity contribution < 1.29 is 28.0 Å². The number of ether oxygens (including phenoxy) is 2. The van der Waals surface area contributed by atoms with Crippen LogP contribution in [0.3, 0.4) is 0 Å². The monoisotopic (exact) mass is 351 g/mol. The molecule has 0 aliphatic heterocycles. The first kappa shape index (κ1) is 18.3. The van der Waals surface area contributed by atoms with Crippen molar-refractivity contribution in [2.24, 2.45) is 0 Å². The smallest absolute Gasteiger partial charge is 0.345 e. The van der Waals surface area contributed by atoms with E-state index in [0.29, 0.717) is 11.6 Å². The maximum Gasteiger partial charge on any atom is 0.345 e. The number of aryl methyl sites for hydroxylation is 1. The minimum atomic E-state index is -0.892. The highest BCUT2D eigenvalue weighted by Crippen LogP contribution is 2.32. The first-order valence-electron chi connectivity index (χ1n) is 7.31. The number of benzene rings is 2. The quantitative estimate of drug-likeness (QED) is 0.449. The molecule has 0 fully saturated rings. The summed E-state index contributed by atoms with van der Waals surface area (Å²) in [6.45, 7) is 4.71. The number of esters is 1. The van der Waals surface area contributed by atoms with Gasteiger partial charge < -0.3 is 9.47 Å². The van der Waals surface area contributed by atoms with Gasteiger partial charge in [-0.3, -0.25) is 10.1 Å². The molecule has 6 nitrogen and oxygen atoms in total. The molecule has 8 heteroatoms. The fraction of sp³-hybridized carbons (Fsp3) is 0.235. The lowest BCUT2D eigenvalue weighted by Gasteiger charge is -2.12.